The van der Waals surface area contributed by atoms with Crippen molar-refractivity contribution in [3.8, 4) is 0 Å². The Morgan fingerprint density at radius 3 is 2.88 bits per heavy atom. The molecular weight excluding hydrogens is 318 g/mol. The molecule has 0 aliphatic carbocycles. The quantitative estimate of drug-likeness (QED) is 0.785. The van der Waals surface area contributed by atoms with Gasteiger partial charge in [-0.2, -0.15) is 4.52 Å². The van der Waals surface area contributed by atoms with E-state index in [2.05, 4.69) is 35.4 Å². The van der Waals surface area contributed by atoms with Gasteiger partial charge in [-0.1, -0.05) is 6.42 Å². The van der Waals surface area contributed by atoms with Crippen LogP contribution in [0.2, 0.25) is 0 Å². The monoisotopic (exact) mass is 334 g/mol. The van der Waals surface area contributed by atoms with E-state index in [-0.39, 0.29) is 5.65 Å². The van der Waals surface area contributed by atoms with Crippen molar-refractivity contribution in [1.29, 1.82) is 0 Å². The molecule has 0 bridgehead atoms. The Labute approximate surface area is 135 Å². The third kappa shape index (κ3) is 2.68. The first-order valence-corrected chi connectivity index (χ1v) is 7.88. The number of halogens is 2. The van der Waals surface area contributed by atoms with E-state index < -0.39 is 12.2 Å². The van der Waals surface area contributed by atoms with Crippen LogP contribution in [-0.2, 0) is 19.5 Å². The van der Waals surface area contributed by atoms with Gasteiger partial charge in [0.05, 0.1) is 6.54 Å². The first kappa shape index (κ1) is 14.9. The Bertz CT molecular complexity index is 856. The highest BCUT2D eigenvalue weighted by Gasteiger charge is 2.18. The molecule has 0 fully saturated rings. The highest BCUT2D eigenvalue weighted by molar-refractivity contribution is 5.44. The van der Waals surface area contributed by atoms with Gasteiger partial charge in [-0.15, -0.1) is 25.5 Å². The van der Waals surface area contributed by atoms with E-state index in [9.17, 15) is 8.78 Å². The number of aryl methyl sites for hydroxylation is 1. The zero-order valence-electron chi connectivity index (χ0n) is 12.9. The molecule has 4 rings (SSSR count). The van der Waals surface area contributed by atoms with Crippen molar-refractivity contribution in [3.05, 3.63) is 29.6 Å². The fourth-order valence-corrected chi connectivity index (χ4v) is 2.88. The molecule has 0 unspecified atom stereocenters. The second kappa shape index (κ2) is 6.10. The van der Waals surface area contributed by atoms with Crippen LogP contribution in [0.3, 0.4) is 0 Å². The Morgan fingerprint density at radius 1 is 1.08 bits per heavy atom. The van der Waals surface area contributed by atoms with Crippen LogP contribution in [0.15, 0.2) is 12.1 Å². The lowest BCUT2D eigenvalue weighted by atomic mass is 10.2. The van der Waals surface area contributed by atoms with Crippen molar-refractivity contribution < 1.29 is 8.78 Å². The van der Waals surface area contributed by atoms with Gasteiger partial charge < -0.3 is 9.88 Å². The third-order valence-corrected chi connectivity index (χ3v) is 4.10. The maximum atomic E-state index is 12.9. The van der Waals surface area contributed by atoms with Crippen molar-refractivity contribution in [2.75, 3.05) is 5.32 Å². The van der Waals surface area contributed by atoms with E-state index in [0.717, 1.165) is 42.0 Å². The maximum absolute atomic E-state index is 12.9. The summed E-state index contributed by atoms with van der Waals surface area (Å²) in [6, 6.07) is 3.28. The minimum Gasteiger partial charge on any atom is -0.361 e. The normalized spacial score (nSPS) is 14.8. The standard InChI is InChI=1S/C14H16F2N8/c15-13(16)14-21-19-11-6-5-9(22-24(11)14)17-8-12-20-18-10-4-2-1-3-7-23(10)12/h5-6,13H,1-4,7-8H2,(H,17,22). The van der Waals surface area contributed by atoms with Gasteiger partial charge in [0.25, 0.3) is 6.43 Å². The second-order valence-electron chi connectivity index (χ2n) is 5.70. The summed E-state index contributed by atoms with van der Waals surface area (Å²) in [5, 5.41) is 22.8. The van der Waals surface area contributed by atoms with E-state index in [4.69, 9.17) is 0 Å². The molecule has 4 heterocycles. The predicted octanol–water partition coefficient (Wildman–Crippen LogP) is 1.99. The van der Waals surface area contributed by atoms with Crippen LogP contribution in [0.5, 0.6) is 0 Å². The molecule has 8 nitrogen and oxygen atoms in total. The van der Waals surface area contributed by atoms with Crippen LogP contribution >= 0.6 is 0 Å². The van der Waals surface area contributed by atoms with Gasteiger partial charge in [-0.25, -0.2) is 8.78 Å². The van der Waals surface area contributed by atoms with Crippen LogP contribution in [0, 0.1) is 0 Å². The van der Waals surface area contributed by atoms with Crippen LogP contribution in [0.25, 0.3) is 5.65 Å². The largest absolute Gasteiger partial charge is 0.361 e. The summed E-state index contributed by atoms with van der Waals surface area (Å²) in [6.07, 6.45) is 1.65. The molecular formula is C14H16F2N8. The molecule has 0 saturated heterocycles. The van der Waals surface area contributed by atoms with Crippen molar-refractivity contribution in [2.45, 2.75) is 45.2 Å². The predicted molar refractivity (Wildman–Crippen MR) is 80.6 cm³/mol. The van der Waals surface area contributed by atoms with Crippen LogP contribution < -0.4 is 5.32 Å². The number of hydrogen-bond acceptors (Lipinski definition) is 6. The summed E-state index contributed by atoms with van der Waals surface area (Å²) in [5.41, 5.74) is 0.284. The SMILES string of the molecule is FC(F)c1nnc2ccc(NCc3nnc4n3CCCCC4)nn12. The molecule has 0 spiro atoms. The molecule has 10 heteroatoms. The molecule has 0 aromatic carbocycles. The molecule has 1 aliphatic rings. The summed E-state index contributed by atoms with van der Waals surface area (Å²) in [4.78, 5) is 0. The fourth-order valence-electron chi connectivity index (χ4n) is 2.88. The number of rotatable bonds is 4. The van der Waals surface area contributed by atoms with Crippen molar-refractivity contribution in [3.63, 3.8) is 0 Å². The number of fused-ring (bicyclic) bond motifs is 2. The maximum Gasteiger partial charge on any atom is 0.299 e. The van der Waals surface area contributed by atoms with Gasteiger partial charge >= 0.3 is 0 Å². The summed E-state index contributed by atoms with van der Waals surface area (Å²) < 4.78 is 29.0. The third-order valence-electron chi connectivity index (χ3n) is 4.10. The zero-order valence-corrected chi connectivity index (χ0v) is 12.9. The lowest BCUT2D eigenvalue weighted by Crippen LogP contribution is -2.12. The van der Waals surface area contributed by atoms with E-state index in [1.54, 1.807) is 12.1 Å². The molecule has 3 aromatic heterocycles. The number of aromatic nitrogens is 7. The van der Waals surface area contributed by atoms with Gasteiger partial charge in [-0.05, 0) is 25.0 Å². The highest BCUT2D eigenvalue weighted by atomic mass is 19.3. The number of nitrogens with one attached hydrogen (secondary N) is 1. The molecule has 0 amide bonds. The molecule has 0 radical (unpaired) electrons. The first-order chi connectivity index (χ1) is 11.7. The minimum absolute atomic E-state index is 0.284. The molecule has 1 N–H and O–H groups in total. The van der Waals surface area contributed by atoms with Gasteiger partial charge in [0.1, 0.15) is 11.6 Å². The second-order valence-corrected chi connectivity index (χ2v) is 5.70. The van der Waals surface area contributed by atoms with E-state index >= 15 is 0 Å². The topological polar surface area (TPSA) is 85.8 Å². The fraction of sp³-hybridized carbons (Fsp3) is 0.500. The van der Waals surface area contributed by atoms with Crippen LogP contribution in [0.4, 0.5) is 14.6 Å². The van der Waals surface area contributed by atoms with E-state index in [1.165, 1.54) is 6.42 Å². The van der Waals surface area contributed by atoms with Gasteiger partial charge in [0, 0.05) is 13.0 Å². The van der Waals surface area contributed by atoms with Crippen LogP contribution in [-0.4, -0.2) is 34.6 Å². The van der Waals surface area contributed by atoms with E-state index in [0.29, 0.717) is 12.4 Å². The Kier molecular flexibility index (Phi) is 3.79. The number of hydrogen-bond donors (Lipinski definition) is 1. The van der Waals surface area contributed by atoms with Crippen molar-refractivity contribution in [1.82, 2.24) is 34.6 Å². The van der Waals surface area contributed by atoms with Crippen molar-refractivity contribution in [2.24, 2.45) is 0 Å². The molecule has 24 heavy (non-hydrogen) atoms. The number of anilines is 1. The Hall–Kier alpha value is -2.65. The average Bonchev–Trinajstić information content (AvgIpc) is 3.09. The summed E-state index contributed by atoms with van der Waals surface area (Å²) >= 11 is 0. The number of alkyl halides is 2. The smallest absolute Gasteiger partial charge is 0.299 e. The molecule has 126 valence electrons. The summed E-state index contributed by atoms with van der Waals surface area (Å²) in [6.45, 7) is 1.34. The lowest BCUT2D eigenvalue weighted by molar-refractivity contribution is 0.137. The minimum atomic E-state index is -2.73. The highest BCUT2D eigenvalue weighted by Crippen LogP contribution is 2.18. The van der Waals surface area contributed by atoms with Gasteiger partial charge in [0.2, 0.25) is 5.82 Å². The zero-order chi connectivity index (χ0) is 16.5. The Balaban J connectivity index is 1.55. The van der Waals surface area contributed by atoms with Crippen LogP contribution in [0.1, 0.15) is 43.2 Å². The summed E-state index contributed by atoms with van der Waals surface area (Å²) in [5.74, 6) is 1.82. The lowest BCUT2D eigenvalue weighted by Gasteiger charge is -2.08. The summed E-state index contributed by atoms with van der Waals surface area (Å²) in [7, 11) is 0. The number of nitrogens with zero attached hydrogens (tertiary/aromatic N) is 7. The molecule has 0 saturated carbocycles. The van der Waals surface area contributed by atoms with Crippen molar-refractivity contribution >= 4 is 11.5 Å². The van der Waals surface area contributed by atoms with Gasteiger partial charge in [0.15, 0.2) is 11.5 Å². The molecule has 3 aromatic rings. The first-order valence-electron chi connectivity index (χ1n) is 7.88. The van der Waals surface area contributed by atoms with Gasteiger partial charge in [-0.3, -0.25) is 0 Å². The Morgan fingerprint density at radius 2 is 2.00 bits per heavy atom. The average molecular weight is 334 g/mol. The molecule has 1 aliphatic heterocycles. The van der Waals surface area contributed by atoms with E-state index in [1.807, 2.05) is 0 Å². The molecule has 0 atom stereocenters.